The fourth-order valence-corrected chi connectivity index (χ4v) is 9.46. The molecule has 13 heteroatoms. The van der Waals surface area contributed by atoms with Crippen LogP contribution in [0.4, 0.5) is 4.79 Å². The Balaban J connectivity index is 1.43. The van der Waals surface area contributed by atoms with Crippen LogP contribution >= 0.6 is 20.2 Å². The number of amides is 4. The van der Waals surface area contributed by atoms with E-state index in [1.54, 1.807) is 59.8 Å². The van der Waals surface area contributed by atoms with Crippen LogP contribution in [0.2, 0.25) is 0 Å². The molecule has 49 heavy (non-hydrogen) atoms. The molecule has 0 bridgehead atoms. The van der Waals surface area contributed by atoms with Gasteiger partial charge in [-0.3, -0.25) is 0 Å². The van der Waals surface area contributed by atoms with Crippen molar-refractivity contribution in [2.45, 2.75) is 100.0 Å². The van der Waals surface area contributed by atoms with E-state index in [0.717, 1.165) is 18.5 Å². The van der Waals surface area contributed by atoms with E-state index in [0.29, 0.717) is 15.9 Å². The van der Waals surface area contributed by atoms with Crippen molar-refractivity contribution in [1.29, 1.82) is 0 Å². The zero-order valence-corrected chi connectivity index (χ0v) is 31.3. The van der Waals surface area contributed by atoms with Crippen LogP contribution in [0.3, 0.4) is 0 Å². The number of ether oxygens (including phenoxy) is 1. The summed E-state index contributed by atoms with van der Waals surface area (Å²) in [4.78, 5) is 56.5. The number of likely N-dealkylation sites (tertiary alicyclic amines) is 1. The first-order chi connectivity index (χ1) is 22.9. The Labute approximate surface area is 296 Å². The molecule has 2 aliphatic carbocycles. The van der Waals surface area contributed by atoms with Gasteiger partial charge in [0.05, 0.1) is 0 Å². The maximum absolute atomic E-state index is 14.5. The summed E-state index contributed by atoms with van der Waals surface area (Å²) in [6.45, 7) is 14.2. The minimum absolute atomic E-state index is 0.138. The minimum atomic E-state index is -2.29. The number of carbonyl (C=O) groups is 4. The second kappa shape index (κ2) is 13.7. The molecule has 3 aliphatic rings. The van der Waals surface area contributed by atoms with Gasteiger partial charge in [-0.15, -0.1) is 0 Å². The predicted octanol–water partition coefficient (Wildman–Crippen LogP) is 3.92. The summed E-state index contributed by atoms with van der Waals surface area (Å²) < 4.78 is 18.4. The number of aromatic nitrogens is 1. The molecular weight excluding hydrogens is 741 g/mol. The molecule has 1 aliphatic heterocycles. The van der Waals surface area contributed by atoms with E-state index in [1.807, 2.05) is 41.2 Å². The van der Waals surface area contributed by atoms with Gasteiger partial charge >= 0.3 is 226 Å². The van der Waals surface area contributed by atoms with Gasteiger partial charge in [0.1, 0.15) is 5.60 Å². The van der Waals surface area contributed by atoms with Crippen LogP contribution in [-0.2, 0) is 24.7 Å². The topological polar surface area (TPSA) is 162 Å². The van der Waals surface area contributed by atoms with E-state index in [1.165, 1.54) is 4.90 Å². The Morgan fingerprint density at radius 3 is 2.22 bits per heavy atom. The summed E-state index contributed by atoms with van der Waals surface area (Å²) in [6, 6.07) is 8.79. The number of carbonyl (C=O) groups excluding carboxylic acids is 4. The number of β-amino-alcohol motifs (C(OH)–C–C–N with tert-alkyl or cyclic N) is 1. The average molecular weight is 792 g/mol. The van der Waals surface area contributed by atoms with Gasteiger partial charge in [0.15, 0.2) is 0 Å². The fraction of sp³-hybridized carbons (Fsp3) is 0.556. The Bertz CT molecular complexity index is 1560. The second-order valence-corrected chi connectivity index (χ2v) is 20.1. The summed E-state index contributed by atoms with van der Waals surface area (Å²) in [5, 5.41) is 20.7. The van der Waals surface area contributed by atoms with Crippen LogP contribution in [-0.4, -0.2) is 80.1 Å². The van der Waals surface area contributed by atoms with E-state index in [-0.39, 0.29) is 23.4 Å². The van der Waals surface area contributed by atoms with Gasteiger partial charge in [-0.25, -0.2) is 4.79 Å². The average Bonchev–Trinajstić information content (AvgIpc) is 3.90. The van der Waals surface area contributed by atoms with Gasteiger partial charge in [-0.05, 0) is 32.9 Å². The molecule has 0 spiro atoms. The molecule has 1 aromatic carbocycles. The third-order valence-corrected chi connectivity index (χ3v) is 13.7. The van der Waals surface area contributed by atoms with Crippen molar-refractivity contribution >= 4 is 44.0 Å². The van der Waals surface area contributed by atoms with Crippen molar-refractivity contribution in [1.82, 2.24) is 25.4 Å². The van der Waals surface area contributed by atoms with Gasteiger partial charge in [-0.1, -0.05) is 0 Å². The number of halogens is 1. The number of hydrogen-bond donors (Lipinski definition) is 5. The molecule has 3 fully saturated rings. The molecule has 0 unspecified atom stereocenters. The quantitative estimate of drug-likeness (QED) is 0.0999. The summed E-state index contributed by atoms with van der Waals surface area (Å²) in [5.74, 6) is -1.89. The maximum atomic E-state index is 14.5. The van der Waals surface area contributed by atoms with E-state index >= 15 is 0 Å². The SMILES string of the molecule is C=C[C@@H]1C[C@]1(NC(=O)[C@@H]1C[C@@](O)(c2ccc(-n3cccc3)cc2)CN1C(=O)[C@@H](NC(=O)OC(C)(C)C)C(C)(C)C)C(=O)NCI(O)C1CC1. The first-order valence-corrected chi connectivity index (χ1v) is 20.4. The molecule has 12 nitrogen and oxygen atoms in total. The third kappa shape index (κ3) is 8.31. The molecule has 5 rings (SSSR count). The van der Waals surface area contributed by atoms with E-state index in [4.69, 9.17) is 4.74 Å². The Morgan fingerprint density at radius 1 is 1.06 bits per heavy atom. The molecule has 1 saturated heterocycles. The predicted molar refractivity (Wildman–Crippen MR) is 194 cm³/mol. The van der Waals surface area contributed by atoms with Crippen molar-refractivity contribution < 1.29 is 32.5 Å². The Morgan fingerprint density at radius 2 is 1.69 bits per heavy atom. The molecule has 5 atom stereocenters. The Kier molecular flexibility index (Phi) is 10.3. The van der Waals surface area contributed by atoms with Crippen molar-refractivity contribution in [3.8, 4) is 5.69 Å². The van der Waals surface area contributed by atoms with E-state index in [2.05, 4.69) is 22.5 Å². The molecule has 5 N–H and O–H groups in total. The number of benzene rings is 1. The van der Waals surface area contributed by atoms with Gasteiger partial charge < -0.3 is 9.30 Å². The van der Waals surface area contributed by atoms with Crippen LogP contribution in [0.25, 0.3) is 5.69 Å². The van der Waals surface area contributed by atoms with E-state index in [9.17, 15) is 27.7 Å². The normalized spacial score (nSPS) is 26.0. The molecule has 2 heterocycles. The summed E-state index contributed by atoms with van der Waals surface area (Å²) in [5.41, 5.74) is -3.10. The number of aliphatic hydroxyl groups is 1. The van der Waals surface area contributed by atoms with Gasteiger partial charge in [-0.2, -0.15) is 0 Å². The second-order valence-electron chi connectivity index (χ2n) is 15.5. The Hall–Kier alpha value is -3.43. The first kappa shape index (κ1) is 36.8. The molecule has 2 aromatic rings. The number of rotatable bonds is 11. The van der Waals surface area contributed by atoms with Crippen molar-refractivity contribution in [3.63, 3.8) is 0 Å². The van der Waals surface area contributed by atoms with Crippen LogP contribution < -0.4 is 16.0 Å². The molecule has 2 saturated carbocycles. The molecule has 1 aromatic heterocycles. The molecular formula is C36H50IN5O7. The first-order valence-electron chi connectivity index (χ1n) is 16.7. The van der Waals surface area contributed by atoms with Crippen molar-refractivity contribution in [3.05, 3.63) is 67.0 Å². The number of nitrogens with one attached hydrogen (secondary N) is 3. The fourth-order valence-electron chi connectivity index (χ4n) is 6.30. The number of nitrogens with zero attached hydrogens (tertiary/aromatic N) is 2. The monoisotopic (exact) mass is 791 g/mol. The van der Waals surface area contributed by atoms with Crippen LogP contribution in [0.15, 0.2) is 61.4 Å². The zero-order valence-electron chi connectivity index (χ0n) is 29.2. The van der Waals surface area contributed by atoms with Gasteiger partial charge in [0.2, 0.25) is 0 Å². The van der Waals surface area contributed by atoms with Gasteiger partial charge in [0, 0.05) is 18.1 Å². The van der Waals surface area contributed by atoms with Crippen LogP contribution in [0.5, 0.6) is 0 Å². The number of hydrogen-bond acceptors (Lipinski definition) is 7. The number of alkyl halides is 2. The number of alkyl carbamates (subject to hydrolysis) is 1. The third-order valence-electron chi connectivity index (χ3n) is 9.28. The summed E-state index contributed by atoms with van der Waals surface area (Å²) in [7, 11) is 0. The van der Waals surface area contributed by atoms with E-state index < -0.39 is 78.3 Å². The molecule has 0 radical (unpaired) electrons. The van der Waals surface area contributed by atoms with Gasteiger partial charge in [0.25, 0.3) is 0 Å². The van der Waals surface area contributed by atoms with Crippen molar-refractivity contribution in [2.75, 3.05) is 11.1 Å². The molecule has 4 amide bonds. The van der Waals surface area contributed by atoms with Crippen LogP contribution in [0.1, 0.15) is 72.8 Å². The standard InChI is InChI=1S/C36H50IN5O7/c1-8-23-19-36(23,31(45)38-22-37(48)25-13-14-25)40-29(43)27-20-35(47,24-11-15-26(16-12-24)41-17-9-10-18-41)21-42(27)30(44)28(33(2,3)4)39-32(46)49-34(5,6)7/h8-12,15-18,23,25,27-28,47-48H,1,13-14,19-22H2,2-7H3,(H,38,45)(H,39,46)(H,40,43)/t23-,27+,28-,35+,36-/m1/s1. The zero-order chi connectivity index (χ0) is 35.9. The summed E-state index contributed by atoms with van der Waals surface area (Å²) in [6.07, 6.45) is 6.80. The molecule has 268 valence electrons. The van der Waals surface area contributed by atoms with Crippen molar-refractivity contribution in [2.24, 2.45) is 11.3 Å². The van der Waals surface area contributed by atoms with Crippen LogP contribution in [0, 0.1) is 11.3 Å². The summed E-state index contributed by atoms with van der Waals surface area (Å²) >= 11 is -2.29.